The summed E-state index contributed by atoms with van der Waals surface area (Å²) in [5.41, 5.74) is 13.9. The van der Waals surface area contributed by atoms with E-state index >= 15 is 0 Å². The van der Waals surface area contributed by atoms with Gasteiger partial charge in [-0.05, 0) is 0 Å². The molecule has 0 amide bonds. The van der Waals surface area contributed by atoms with E-state index in [9.17, 15) is 0 Å². The first-order valence-electron chi connectivity index (χ1n) is 6.76. The van der Waals surface area contributed by atoms with Gasteiger partial charge in [-0.3, -0.25) is 0 Å². The van der Waals surface area contributed by atoms with Crippen LogP contribution in [0.4, 0.5) is 0 Å². The molecule has 23 heavy (non-hydrogen) atoms. The summed E-state index contributed by atoms with van der Waals surface area (Å²) in [7, 11) is 0. The number of pyridine rings is 2. The Morgan fingerprint density at radius 2 is 1.17 bits per heavy atom. The van der Waals surface area contributed by atoms with E-state index in [1.165, 1.54) is 8.87 Å². The van der Waals surface area contributed by atoms with Crippen LogP contribution in [0, 0.1) is 10.8 Å². The molecule has 3 rings (SSSR count). The maximum absolute atomic E-state index is 7.37. The van der Waals surface area contributed by atoms with Crippen LogP contribution in [-0.4, -0.2) is 36.1 Å². The molecule has 0 fully saturated rings. The summed E-state index contributed by atoms with van der Waals surface area (Å²) in [6.45, 7) is 0. The van der Waals surface area contributed by atoms with Crippen molar-refractivity contribution < 1.29 is 0 Å². The second-order valence-electron chi connectivity index (χ2n) is 4.86. The number of nitrogens with one attached hydrogen (secondary N) is 2. The zero-order chi connectivity index (χ0) is 16.4. The molecule has 0 aliphatic heterocycles. The van der Waals surface area contributed by atoms with E-state index in [1.807, 2.05) is 12.1 Å². The Balaban J connectivity index is 1.87. The van der Waals surface area contributed by atoms with Gasteiger partial charge in [0.05, 0.1) is 0 Å². The number of nitrogens with zero attached hydrogens (tertiary/aromatic N) is 2. The van der Waals surface area contributed by atoms with Crippen LogP contribution in [0.3, 0.4) is 0 Å². The van der Waals surface area contributed by atoms with Crippen molar-refractivity contribution in [3.8, 4) is 20.0 Å². The molecule has 6 N–H and O–H groups in total. The first-order valence-corrected chi connectivity index (χ1v) is 8.47. The SMILES string of the molecule is N=C(N)c1ccc(-c2ccc(-c3ccc(C(=N)N)nc3)[se]2)cn1. The minimum absolute atomic E-state index is 0.0297. The van der Waals surface area contributed by atoms with E-state index in [0.717, 1.165) is 11.1 Å². The van der Waals surface area contributed by atoms with Crippen molar-refractivity contribution in [3.63, 3.8) is 0 Å². The van der Waals surface area contributed by atoms with Gasteiger partial charge in [0.15, 0.2) is 0 Å². The number of rotatable bonds is 4. The summed E-state index contributed by atoms with van der Waals surface area (Å²) in [4.78, 5) is 8.40. The summed E-state index contributed by atoms with van der Waals surface area (Å²) < 4.78 is 2.43. The Morgan fingerprint density at radius 1 is 0.739 bits per heavy atom. The number of hydrogen-bond donors (Lipinski definition) is 4. The number of amidine groups is 2. The molecule has 0 atom stereocenters. The minimum atomic E-state index is -0.0297. The second-order valence-corrected chi connectivity index (χ2v) is 7.13. The molecule has 0 saturated carbocycles. The van der Waals surface area contributed by atoms with E-state index in [2.05, 4.69) is 22.1 Å². The van der Waals surface area contributed by atoms with Crippen LogP contribution in [0.5, 0.6) is 0 Å². The predicted octanol–water partition coefficient (Wildman–Crippen LogP) is 1.44. The summed E-state index contributed by atoms with van der Waals surface area (Å²) in [6, 6.07) is 11.6. The quantitative estimate of drug-likeness (QED) is 0.315. The average molecular weight is 369 g/mol. The zero-order valence-electron chi connectivity index (χ0n) is 12.1. The van der Waals surface area contributed by atoms with E-state index in [0.29, 0.717) is 11.4 Å². The fourth-order valence-corrected chi connectivity index (χ4v) is 4.12. The molecular weight excluding hydrogens is 355 g/mol. The van der Waals surface area contributed by atoms with E-state index in [4.69, 9.17) is 22.3 Å². The third-order valence-electron chi connectivity index (χ3n) is 3.25. The number of hydrogen-bond acceptors (Lipinski definition) is 4. The van der Waals surface area contributed by atoms with Gasteiger partial charge >= 0.3 is 139 Å². The molecule has 0 aliphatic rings. The molecule has 6 nitrogen and oxygen atoms in total. The first kappa shape index (κ1) is 15.1. The van der Waals surface area contributed by atoms with Gasteiger partial charge in [-0.25, -0.2) is 0 Å². The van der Waals surface area contributed by atoms with Gasteiger partial charge in [-0.15, -0.1) is 0 Å². The summed E-state index contributed by atoms with van der Waals surface area (Å²) >= 11 is 0.152. The first-order chi connectivity index (χ1) is 11.0. The number of nitrogen functional groups attached to an aromatic ring is 2. The fraction of sp³-hybridized carbons (Fsp3) is 0. The van der Waals surface area contributed by atoms with Crippen molar-refractivity contribution in [2.45, 2.75) is 0 Å². The molecule has 114 valence electrons. The topological polar surface area (TPSA) is 126 Å². The molecule has 0 unspecified atom stereocenters. The normalized spacial score (nSPS) is 10.4. The van der Waals surface area contributed by atoms with Gasteiger partial charge in [0.1, 0.15) is 0 Å². The van der Waals surface area contributed by atoms with Gasteiger partial charge in [0.25, 0.3) is 0 Å². The molecular formula is C16H14N6Se. The molecule has 0 spiro atoms. The molecule has 3 heterocycles. The third kappa shape index (κ3) is 3.20. The molecule has 0 aromatic carbocycles. The van der Waals surface area contributed by atoms with Crippen molar-refractivity contribution in [2.75, 3.05) is 0 Å². The van der Waals surface area contributed by atoms with Gasteiger partial charge in [0, 0.05) is 0 Å². The third-order valence-corrected chi connectivity index (χ3v) is 5.74. The van der Waals surface area contributed by atoms with Crippen LogP contribution in [0.2, 0.25) is 0 Å². The Hall–Kier alpha value is -2.76. The second kappa shape index (κ2) is 6.16. The predicted molar refractivity (Wildman–Crippen MR) is 91.9 cm³/mol. The fourth-order valence-electron chi connectivity index (χ4n) is 2.05. The van der Waals surface area contributed by atoms with Gasteiger partial charge in [-0.2, -0.15) is 0 Å². The Kier molecular flexibility index (Phi) is 4.06. The number of nitrogens with two attached hydrogens (primary N) is 2. The molecule has 0 radical (unpaired) electrons. The van der Waals surface area contributed by atoms with Crippen LogP contribution in [0.15, 0.2) is 48.8 Å². The van der Waals surface area contributed by atoms with Crippen molar-refractivity contribution in [1.29, 1.82) is 10.8 Å². The molecule has 0 saturated heterocycles. The Bertz CT molecular complexity index is 792. The summed E-state index contributed by atoms with van der Waals surface area (Å²) in [5, 5.41) is 14.7. The molecule has 7 heteroatoms. The summed E-state index contributed by atoms with van der Waals surface area (Å²) in [6.07, 6.45) is 3.50. The van der Waals surface area contributed by atoms with Crippen LogP contribution in [0.25, 0.3) is 20.0 Å². The van der Waals surface area contributed by atoms with Crippen molar-refractivity contribution in [1.82, 2.24) is 9.97 Å². The Labute approximate surface area is 139 Å². The van der Waals surface area contributed by atoms with E-state index < -0.39 is 0 Å². The molecule has 3 aromatic rings. The standard InChI is InChI=1S/C16H14N6Se/c17-15(18)11-3-1-9(7-21-11)13-5-6-14(23-13)10-2-4-12(16(19)20)22-8-10/h1-8H,(H3,17,18)(H3,19,20). The van der Waals surface area contributed by atoms with Crippen molar-refractivity contribution in [2.24, 2.45) is 11.5 Å². The van der Waals surface area contributed by atoms with Crippen LogP contribution in [0.1, 0.15) is 11.4 Å². The molecule has 0 aliphatic carbocycles. The van der Waals surface area contributed by atoms with Crippen molar-refractivity contribution in [3.05, 3.63) is 60.2 Å². The number of aromatic nitrogens is 2. The van der Waals surface area contributed by atoms with Gasteiger partial charge in [-0.1, -0.05) is 0 Å². The zero-order valence-corrected chi connectivity index (χ0v) is 13.8. The molecule has 0 bridgehead atoms. The van der Waals surface area contributed by atoms with Gasteiger partial charge < -0.3 is 0 Å². The van der Waals surface area contributed by atoms with Crippen molar-refractivity contribution >= 4 is 26.2 Å². The Morgan fingerprint density at radius 3 is 1.48 bits per heavy atom. The average Bonchev–Trinajstić information content (AvgIpc) is 3.05. The summed E-state index contributed by atoms with van der Waals surface area (Å²) in [5.74, 6) is -0.0594. The van der Waals surface area contributed by atoms with E-state index in [-0.39, 0.29) is 26.2 Å². The maximum atomic E-state index is 7.37. The van der Waals surface area contributed by atoms with Crippen LogP contribution >= 0.6 is 0 Å². The van der Waals surface area contributed by atoms with Gasteiger partial charge in [0.2, 0.25) is 0 Å². The van der Waals surface area contributed by atoms with E-state index in [1.54, 1.807) is 24.5 Å². The van der Waals surface area contributed by atoms with Crippen LogP contribution < -0.4 is 11.5 Å². The van der Waals surface area contributed by atoms with Crippen LogP contribution in [-0.2, 0) is 0 Å². The monoisotopic (exact) mass is 370 g/mol. The molecule has 3 aromatic heterocycles.